The molecule has 19 heavy (non-hydrogen) atoms. The molecule has 1 N–H and O–H groups in total. The molecule has 1 amide bonds. The Labute approximate surface area is 118 Å². The van der Waals surface area contributed by atoms with Gasteiger partial charge in [0.05, 0.1) is 5.25 Å². The third-order valence-electron chi connectivity index (χ3n) is 4.51. The highest BCUT2D eigenvalue weighted by molar-refractivity contribution is 8.01. The average Bonchev–Trinajstić information content (AvgIpc) is 3.32. The van der Waals surface area contributed by atoms with E-state index in [1.807, 2.05) is 0 Å². The second-order valence-corrected chi connectivity index (χ2v) is 7.37. The van der Waals surface area contributed by atoms with Crippen LogP contribution in [0.25, 0.3) is 0 Å². The summed E-state index contributed by atoms with van der Waals surface area (Å²) in [7, 11) is 0. The zero-order chi connectivity index (χ0) is 12.8. The van der Waals surface area contributed by atoms with E-state index >= 15 is 0 Å². The van der Waals surface area contributed by atoms with E-state index in [0.717, 1.165) is 18.3 Å². The van der Waals surface area contributed by atoms with E-state index in [4.69, 9.17) is 0 Å². The Morgan fingerprint density at radius 2 is 1.84 bits per heavy atom. The van der Waals surface area contributed by atoms with Crippen LogP contribution in [0, 0.1) is 11.8 Å². The van der Waals surface area contributed by atoms with Gasteiger partial charge in [0.15, 0.2) is 0 Å². The van der Waals surface area contributed by atoms with E-state index in [1.54, 1.807) is 11.8 Å². The first-order valence-corrected chi connectivity index (χ1v) is 8.24. The molecule has 1 atom stereocenters. The van der Waals surface area contributed by atoms with E-state index in [2.05, 4.69) is 29.6 Å². The third kappa shape index (κ3) is 2.40. The predicted octanol–water partition coefficient (Wildman–Crippen LogP) is 3.01. The molecule has 0 spiro atoms. The highest BCUT2D eigenvalue weighted by Crippen LogP contribution is 2.45. The Morgan fingerprint density at radius 3 is 2.47 bits per heavy atom. The summed E-state index contributed by atoms with van der Waals surface area (Å²) in [6, 6.07) is 8.89. The van der Waals surface area contributed by atoms with Gasteiger partial charge in [-0.05, 0) is 55.6 Å². The standard InChI is InChI=1S/C16H19NOS/c18-16(17-15(10-5-6-10)11-7-8-11)14-9-12-3-1-2-4-13(12)19-14/h1-4,10-11,14-15H,5-9H2,(H,17,18)/t14-/m0/s1. The molecular formula is C16H19NOS. The third-order valence-corrected chi connectivity index (χ3v) is 5.83. The number of nitrogens with one attached hydrogen (secondary N) is 1. The minimum absolute atomic E-state index is 0.0948. The number of hydrogen-bond donors (Lipinski definition) is 1. The molecule has 2 aliphatic carbocycles. The first kappa shape index (κ1) is 11.8. The number of carbonyl (C=O) groups is 1. The molecule has 3 aliphatic rings. The number of amides is 1. The predicted molar refractivity (Wildman–Crippen MR) is 77.2 cm³/mol. The van der Waals surface area contributed by atoms with Crippen molar-refractivity contribution in [3.8, 4) is 0 Å². The number of carbonyl (C=O) groups excluding carboxylic acids is 1. The van der Waals surface area contributed by atoms with E-state index in [-0.39, 0.29) is 11.2 Å². The largest absolute Gasteiger partial charge is 0.352 e. The molecule has 0 aromatic heterocycles. The topological polar surface area (TPSA) is 29.1 Å². The summed E-state index contributed by atoms with van der Waals surface area (Å²) in [5, 5.41) is 3.45. The van der Waals surface area contributed by atoms with Crippen LogP contribution in [0.5, 0.6) is 0 Å². The molecule has 0 unspecified atom stereocenters. The molecular weight excluding hydrogens is 254 g/mol. The summed E-state index contributed by atoms with van der Waals surface area (Å²) in [6.45, 7) is 0. The Balaban J connectivity index is 1.41. The smallest absolute Gasteiger partial charge is 0.234 e. The van der Waals surface area contributed by atoms with E-state index in [0.29, 0.717) is 6.04 Å². The monoisotopic (exact) mass is 273 g/mol. The van der Waals surface area contributed by atoms with Crippen molar-refractivity contribution in [1.29, 1.82) is 0 Å². The number of fused-ring (bicyclic) bond motifs is 1. The Hall–Kier alpha value is -0.960. The average molecular weight is 273 g/mol. The van der Waals surface area contributed by atoms with Crippen molar-refractivity contribution in [3.63, 3.8) is 0 Å². The number of rotatable bonds is 4. The number of hydrogen-bond acceptors (Lipinski definition) is 2. The second kappa shape index (κ2) is 4.55. The fraction of sp³-hybridized carbons (Fsp3) is 0.562. The van der Waals surface area contributed by atoms with Gasteiger partial charge in [0.25, 0.3) is 0 Å². The summed E-state index contributed by atoms with van der Waals surface area (Å²) in [5.41, 5.74) is 1.34. The van der Waals surface area contributed by atoms with Gasteiger partial charge in [-0.3, -0.25) is 4.79 Å². The summed E-state index contributed by atoms with van der Waals surface area (Å²) in [6.07, 6.45) is 6.17. The van der Waals surface area contributed by atoms with Gasteiger partial charge in [-0.15, -0.1) is 11.8 Å². The molecule has 100 valence electrons. The van der Waals surface area contributed by atoms with Crippen molar-refractivity contribution >= 4 is 17.7 Å². The van der Waals surface area contributed by atoms with Crippen LogP contribution in [0.3, 0.4) is 0 Å². The molecule has 1 aromatic rings. The van der Waals surface area contributed by atoms with Crippen LogP contribution in [0.4, 0.5) is 0 Å². The van der Waals surface area contributed by atoms with Gasteiger partial charge >= 0.3 is 0 Å². The molecule has 1 aliphatic heterocycles. The van der Waals surface area contributed by atoms with Crippen LogP contribution in [0.15, 0.2) is 29.2 Å². The van der Waals surface area contributed by atoms with Crippen molar-refractivity contribution < 1.29 is 4.79 Å². The van der Waals surface area contributed by atoms with Gasteiger partial charge in [-0.2, -0.15) is 0 Å². The number of thioether (sulfide) groups is 1. The van der Waals surface area contributed by atoms with Crippen LogP contribution >= 0.6 is 11.8 Å². The van der Waals surface area contributed by atoms with Crippen molar-refractivity contribution in [2.75, 3.05) is 0 Å². The van der Waals surface area contributed by atoms with E-state index in [1.165, 1.54) is 36.1 Å². The summed E-state index contributed by atoms with van der Waals surface area (Å²) < 4.78 is 0. The van der Waals surface area contributed by atoms with Crippen molar-refractivity contribution in [1.82, 2.24) is 5.32 Å². The van der Waals surface area contributed by atoms with Crippen molar-refractivity contribution in [2.24, 2.45) is 11.8 Å². The van der Waals surface area contributed by atoms with Gasteiger partial charge in [0.2, 0.25) is 5.91 Å². The fourth-order valence-corrected chi connectivity index (χ4v) is 4.32. The van der Waals surface area contributed by atoms with Gasteiger partial charge in [-0.1, -0.05) is 18.2 Å². The molecule has 1 heterocycles. The SMILES string of the molecule is O=C(NC(C1CC1)C1CC1)[C@@H]1Cc2ccccc2S1. The maximum Gasteiger partial charge on any atom is 0.234 e. The summed E-state index contributed by atoms with van der Waals surface area (Å²) >= 11 is 1.74. The normalized spacial score (nSPS) is 25.4. The minimum atomic E-state index is 0.0948. The lowest BCUT2D eigenvalue weighted by Gasteiger charge is -2.19. The summed E-state index contributed by atoms with van der Waals surface area (Å²) in [5.74, 6) is 1.83. The van der Waals surface area contributed by atoms with E-state index in [9.17, 15) is 4.79 Å². The van der Waals surface area contributed by atoms with Crippen LogP contribution in [-0.2, 0) is 11.2 Å². The maximum absolute atomic E-state index is 12.5. The zero-order valence-electron chi connectivity index (χ0n) is 11.0. The molecule has 0 saturated heterocycles. The lowest BCUT2D eigenvalue weighted by atomic mass is 10.1. The first-order chi connectivity index (χ1) is 9.31. The van der Waals surface area contributed by atoms with Crippen molar-refractivity contribution in [2.45, 2.75) is 48.3 Å². The molecule has 4 rings (SSSR count). The molecule has 2 nitrogen and oxygen atoms in total. The molecule has 2 saturated carbocycles. The van der Waals surface area contributed by atoms with Crippen LogP contribution < -0.4 is 5.32 Å². The van der Waals surface area contributed by atoms with Crippen LogP contribution in [0.1, 0.15) is 31.2 Å². The summed E-state index contributed by atoms with van der Waals surface area (Å²) in [4.78, 5) is 13.7. The maximum atomic E-state index is 12.5. The number of benzene rings is 1. The second-order valence-electron chi connectivity index (χ2n) is 6.13. The van der Waals surface area contributed by atoms with Crippen molar-refractivity contribution in [3.05, 3.63) is 29.8 Å². The Bertz CT molecular complexity index is 470. The quantitative estimate of drug-likeness (QED) is 0.913. The van der Waals surface area contributed by atoms with Crippen LogP contribution in [-0.4, -0.2) is 17.2 Å². The van der Waals surface area contributed by atoms with Gasteiger partial charge in [-0.25, -0.2) is 0 Å². The minimum Gasteiger partial charge on any atom is -0.352 e. The van der Waals surface area contributed by atoms with Gasteiger partial charge < -0.3 is 5.32 Å². The van der Waals surface area contributed by atoms with Gasteiger partial charge in [0, 0.05) is 10.9 Å². The Kier molecular flexibility index (Phi) is 2.83. The molecule has 1 aromatic carbocycles. The molecule has 0 bridgehead atoms. The highest BCUT2D eigenvalue weighted by Gasteiger charge is 2.43. The first-order valence-electron chi connectivity index (χ1n) is 7.36. The zero-order valence-corrected chi connectivity index (χ0v) is 11.8. The molecule has 0 radical (unpaired) electrons. The Morgan fingerprint density at radius 1 is 1.16 bits per heavy atom. The molecule has 3 heteroatoms. The molecule has 2 fully saturated rings. The van der Waals surface area contributed by atoms with Crippen LogP contribution in [0.2, 0.25) is 0 Å². The van der Waals surface area contributed by atoms with E-state index < -0.39 is 0 Å². The highest BCUT2D eigenvalue weighted by atomic mass is 32.2. The fourth-order valence-electron chi connectivity index (χ4n) is 3.12. The lowest BCUT2D eigenvalue weighted by molar-refractivity contribution is -0.121. The van der Waals surface area contributed by atoms with Gasteiger partial charge in [0.1, 0.15) is 0 Å². The lowest BCUT2D eigenvalue weighted by Crippen LogP contribution is -2.42.